The summed E-state index contributed by atoms with van der Waals surface area (Å²) >= 11 is 0. The molecule has 0 aromatic carbocycles. The van der Waals surface area contributed by atoms with Crippen LogP contribution in [0.25, 0.3) is 0 Å². The molecule has 0 aromatic rings. The van der Waals surface area contributed by atoms with E-state index in [0.29, 0.717) is 0 Å². The molecule has 1 aliphatic carbocycles. The SMILES string of the molecule is CCCNC1CCCC(CC(C)CC)C1. The molecule has 3 unspecified atom stereocenters. The molecule has 1 fully saturated rings. The summed E-state index contributed by atoms with van der Waals surface area (Å²) in [7, 11) is 0. The molecule has 1 heteroatoms. The van der Waals surface area contributed by atoms with Crippen LogP contribution in [0.5, 0.6) is 0 Å². The monoisotopic (exact) mass is 211 g/mol. The quantitative estimate of drug-likeness (QED) is 0.700. The van der Waals surface area contributed by atoms with Gasteiger partial charge in [0.05, 0.1) is 0 Å². The van der Waals surface area contributed by atoms with Crippen LogP contribution in [0.3, 0.4) is 0 Å². The molecule has 1 rings (SSSR count). The van der Waals surface area contributed by atoms with Crippen LogP contribution in [0.15, 0.2) is 0 Å². The molecule has 0 amide bonds. The molecule has 0 spiro atoms. The third-order valence-electron chi connectivity index (χ3n) is 3.90. The zero-order chi connectivity index (χ0) is 11.1. The van der Waals surface area contributed by atoms with E-state index in [0.717, 1.165) is 17.9 Å². The van der Waals surface area contributed by atoms with Crippen molar-refractivity contribution in [1.29, 1.82) is 0 Å². The fourth-order valence-electron chi connectivity index (χ4n) is 2.77. The molecule has 0 aromatic heterocycles. The van der Waals surface area contributed by atoms with Crippen molar-refractivity contribution in [3.05, 3.63) is 0 Å². The van der Waals surface area contributed by atoms with E-state index in [1.165, 1.54) is 51.5 Å². The highest BCUT2D eigenvalue weighted by atomic mass is 14.9. The highest BCUT2D eigenvalue weighted by Crippen LogP contribution is 2.30. The van der Waals surface area contributed by atoms with Gasteiger partial charge in [0.25, 0.3) is 0 Å². The van der Waals surface area contributed by atoms with Gasteiger partial charge in [-0.3, -0.25) is 0 Å². The van der Waals surface area contributed by atoms with E-state index < -0.39 is 0 Å². The molecule has 1 saturated carbocycles. The molecule has 0 heterocycles. The molecular weight excluding hydrogens is 182 g/mol. The second kappa shape index (κ2) is 7.27. The van der Waals surface area contributed by atoms with Crippen LogP contribution in [-0.2, 0) is 0 Å². The lowest BCUT2D eigenvalue weighted by atomic mass is 9.80. The zero-order valence-corrected chi connectivity index (χ0v) is 10.9. The van der Waals surface area contributed by atoms with Crippen molar-refractivity contribution < 1.29 is 0 Å². The molecule has 15 heavy (non-hydrogen) atoms. The van der Waals surface area contributed by atoms with Gasteiger partial charge in [-0.1, -0.05) is 40.0 Å². The number of hydrogen-bond donors (Lipinski definition) is 1. The molecule has 1 aliphatic rings. The van der Waals surface area contributed by atoms with Crippen molar-refractivity contribution in [2.24, 2.45) is 11.8 Å². The van der Waals surface area contributed by atoms with Gasteiger partial charge in [-0.15, -0.1) is 0 Å². The molecule has 0 aliphatic heterocycles. The first kappa shape index (κ1) is 13.0. The standard InChI is InChI=1S/C14H29N/c1-4-9-15-14-8-6-7-13(11-14)10-12(3)5-2/h12-15H,4-11H2,1-3H3. The Kier molecular flexibility index (Phi) is 6.31. The van der Waals surface area contributed by atoms with E-state index in [-0.39, 0.29) is 0 Å². The van der Waals surface area contributed by atoms with Gasteiger partial charge in [0.15, 0.2) is 0 Å². The highest BCUT2D eigenvalue weighted by Gasteiger charge is 2.22. The zero-order valence-electron chi connectivity index (χ0n) is 10.9. The van der Waals surface area contributed by atoms with Gasteiger partial charge in [-0.05, 0) is 44.1 Å². The van der Waals surface area contributed by atoms with Crippen LogP contribution >= 0.6 is 0 Å². The van der Waals surface area contributed by atoms with Crippen molar-refractivity contribution in [1.82, 2.24) is 5.32 Å². The normalized spacial score (nSPS) is 29.0. The van der Waals surface area contributed by atoms with Crippen molar-refractivity contribution in [3.8, 4) is 0 Å². The first-order valence-electron chi connectivity index (χ1n) is 6.99. The Morgan fingerprint density at radius 2 is 2.07 bits per heavy atom. The van der Waals surface area contributed by atoms with Crippen LogP contribution in [-0.4, -0.2) is 12.6 Å². The average molecular weight is 211 g/mol. The third kappa shape index (κ3) is 5.01. The van der Waals surface area contributed by atoms with Crippen molar-refractivity contribution in [3.63, 3.8) is 0 Å². The van der Waals surface area contributed by atoms with Gasteiger partial charge >= 0.3 is 0 Å². The molecule has 90 valence electrons. The van der Waals surface area contributed by atoms with E-state index in [4.69, 9.17) is 0 Å². The fourth-order valence-corrected chi connectivity index (χ4v) is 2.77. The highest BCUT2D eigenvalue weighted by molar-refractivity contribution is 4.78. The number of nitrogens with one attached hydrogen (secondary N) is 1. The van der Waals surface area contributed by atoms with E-state index in [1.54, 1.807) is 0 Å². The molecule has 0 bridgehead atoms. The van der Waals surface area contributed by atoms with Crippen LogP contribution in [0.1, 0.15) is 65.7 Å². The predicted molar refractivity (Wildman–Crippen MR) is 68.1 cm³/mol. The largest absolute Gasteiger partial charge is 0.314 e. The Morgan fingerprint density at radius 3 is 2.73 bits per heavy atom. The van der Waals surface area contributed by atoms with E-state index in [2.05, 4.69) is 26.1 Å². The Balaban J connectivity index is 2.22. The Hall–Kier alpha value is -0.0400. The maximum atomic E-state index is 3.69. The average Bonchev–Trinajstić information content (AvgIpc) is 2.26. The molecule has 0 radical (unpaired) electrons. The van der Waals surface area contributed by atoms with E-state index in [1.807, 2.05) is 0 Å². The second-order valence-electron chi connectivity index (χ2n) is 5.43. The van der Waals surface area contributed by atoms with E-state index >= 15 is 0 Å². The summed E-state index contributed by atoms with van der Waals surface area (Å²) in [4.78, 5) is 0. The van der Waals surface area contributed by atoms with Gasteiger partial charge in [0, 0.05) is 6.04 Å². The van der Waals surface area contributed by atoms with Crippen LogP contribution in [0.2, 0.25) is 0 Å². The van der Waals surface area contributed by atoms with Crippen LogP contribution < -0.4 is 5.32 Å². The molecule has 0 saturated heterocycles. The third-order valence-corrected chi connectivity index (χ3v) is 3.90. The lowest BCUT2D eigenvalue weighted by molar-refractivity contribution is 0.246. The summed E-state index contributed by atoms with van der Waals surface area (Å²) in [6.45, 7) is 8.19. The fraction of sp³-hybridized carbons (Fsp3) is 1.00. The summed E-state index contributed by atoms with van der Waals surface area (Å²) in [6, 6.07) is 0.827. The van der Waals surface area contributed by atoms with Crippen molar-refractivity contribution in [2.45, 2.75) is 71.8 Å². The second-order valence-corrected chi connectivity index (χ2v) is 5.43. The molecular formula is C14H29N. The van der Waals surface area contributed by atoms with Gasteiger partial charge in [0.1, 0.15) is 0 Å². The summed E-state index contributed by atoms with van der Waals surface area (Å²) in [5, 5.41) is 3.69. The van der Waals surface area contributed by atoms with Gasteiger partial charge in [-0.25, -0.2) is 0 Å². The minimum absolute atomic E-state index is 0.827. The number of rotatable bonds is 6. The summed E-state index contributed by atoms with van der Waals surface area (Å²) < 4.78 is 0. The summed E-state index contributed by atoms with van der Waals surface area (Å²) in [6.07, 6.45) is 9.86. The summed E-state index contributed by atoms with van der Waals surface area (Å²) in [5.74, 6) is 1.93. The van der Waals surface area contributed by atoms with Gasteiger partial charge in [0.2, 0.25) is 0 Å². The lowest BCUT2D eigenvalue weighted by Gasteiger charge is -2.31. The minimum Gasteiger partial charge on any atom is -0.314 e. The Bertz CT molecular complexity index is 155. The smallest absolute Gasteiger partial charge is 0.00697 e. The molecule has 1 nitrogen and oxygen atoms in total. The predicted octanol–water partition coefficient (Wildman–Crippen LogP) is 3.98. The van der Waals surface area contributed by atoms with Crippen molar-refractivity contribution >= 4 is 0 Å². The number of hydrogen-bond acceptors (Lipinski definition) is 1. The summed E-state index contributed by atoms with van der Waals surface area (Å²) in [5.41, 5.74) is 0. The minimum atomic E-state index is 0.827. The maximum absolute atomic E-state index is 3.69. The first-order valence-corrected chi connectivity index (χ1v) is 6.99. The van der Waals surface area contributed by atoms with Gasteiger partial charge < -0.3 is 5.32 Å². The first-order chi connectivity index (χ1) is 7.26. The van der Waals surface area contributed by atoms with Crippen LogP contribution in [0, 0.1) is 11.8 Å². The van der Waals surface area contributed by atoms with Crippen molar-refractivity contribution in [2.75, 3.05) is 6.54 Å². The Morgan fingerprint density at radius 1 is 1.27 bits per heavy atom. The Labute approximate surface area is 96.0 Å². The van der Waals surface area contributed by atoms with Gasteiger partial charge in [-0.2, -0.15) is 0 Å². The maximum Gasteiger partial charge on any atom is 0.00697 e. The molecule has 1 N–H and O–H groups in total. The lowest BCUT2D eigenvalue weighted by Crippen LogP contribution is -2.34. The van der Waals surface area contributed by atoms with Crippen LogP contribution in [0.4, 0.5) is 0 Å². The molecule has 3 atom stereocenters. The topological polar surface area (TPSA) is 12.0 Å². The van der Waals surface area contributed by atoms with E-state index in [9.17, 15) is 0 Å².